The topological polar surface area (TPSA) is 98.0 Å². The highest BCUT2D eigenvalue weighted by Crippen LogP contribution is 1.77. The van der Waals surface area contributed by atoms with Crippen molar-refractivity contribution in [2.75, 3.05) is 13.1 Å². The second-order valence-corrected chi connectivity index (χ2v) is 2.01. The van der Waals surface area contributed by atoms with Gasteiger partial charge in [0, 0.05) is 6.54 Å². The Morgan fingerprint density at radius 2 is 1.92 bits per heavy atom. The molecule has 5 nitrogen and oxygen atoms in total. The van der Waals surface area contributed by atoms with Crippen molar-refractivity contribution >= 4 is 18.4 Å². The van der Waals surface area contributed by atoms with E-state index in [2.05, 4.69) is 10.3 Å². The number of rotatable bonds is 4. The highest BCUT2D eigenvalue weighted by Gasteiger charge is 1.88. The quantitative estimate of drug-likeness (QED) is 0.384. The summed E-state index contributed by atoms with van der Waals surface area (Å²) in [5.74, 6) is 0.292. The van der Waals surface area contributed by atoms with Gasteiger partial charge in [0.15, 0.2) is 5.96 Å². The van der Waals surface area contributed by atoms with Crippen molar-refractivity contribution in [2.24, 2.45) is 10.7 Å². The van der Waals surface area contributed by atoms with Crippen molar-refractivity contribution in [3.8, 4) is 12.1 Å². The van der Waals surface area contributed by atoms with Crippen LogP contribution < -0.4 is 11.1 Å². The van der Waals surface area contributed by atoms with Crippen LogP contribution in [0.2, 0.25) is 0 Å². The molecule has 0 amide bonds. The number of nitrogens with one attached hydrogen (secondary N) is 1. The van der Waals surface area contributed by atoms with Gasteiger partial charge in [0.2, 0.25) is 0 Å². The predicted molar refractivity (Wildman–Crippen MR) is 52.2 cm³/mol. The maximum Gasteiger partial charge on any atom is 0.188 e. The monoisotopic (exact) mass is 201 g/mol. The van der Waals surface area contributed by atoms with E-state index in [0.717, 1.165) is 0 Å². The normalized spacial score (nSPS) is 9.23. The molecule has 0 atom stereocenters. The first-order valence-corrected chi connectivity index (χ1v) is 3.59. The average Bonchev–Trinajstić information content (AvgIpc) is 2.06. The highest BCUT2D eigenvalue weighted by atomic mass is 35.5. The van der Waals surface area contributed by atoms with Crippen LogP contribution in [-0.2, 0) is 0 Å². The van der Waals surface area contributed by atoms with Gasteiger partial charge in [0.05, 0.1) is 31.5 Å². The summed E-state index contributed by atoms with van der Waals surface area (Å²) in [5.41, 5.74) is 5.38. The third kappa shape index (κ3) is 10.5. The second-order valence-electron chi connectivity index (χ2n) is 2.01. The zero-order valence-corrected chi connectivity index (χ0v) is 7.97. The maximum absolute atomic E-state index is 8.18. The summed E-state index contributed by atoms with van der Waals surface area (Å²) in [6.45, 7) is 0.903. The Labute approximate surface area is 83.7 Å². The van der Waals surface area contributed by atoms with Crippen LogP contribution >= 0.6 is 12.4 Å². The molecule has 0 radical (unpaired) electrons. The molecule has 72 valence electrons. The van der Waals surface area contributed by atoms with Crippen molar-refractivity contribution in [1.82, 2.24) is 5.32 Å². The molecule has 0 aromatic rings. The van der Waals surface area contributed by atoms with Gasteiger partial charge < -0.3 is 11.1 Å². The molecule has 0 aromatic heterocycles. The minimum absolute atomic E-state index is 0. The number of nitrogens with zero attached hydrogens (tertiary/aromatic N) is 3. The molecule has 0 rings (SSSR count). The molecule has 0 saturated carbocycles. The van der Waals surface area contributed by atoms with E-state index in [-0.39, 0.29) is 12.4 Å². The first kappa shape index (κ1) is 14.1. The molecule has 0 aliphatic rings. The van der Waals surface area contributed by atoms with Gasteiger partial charge in [0.25, 0.3) is 0 Å². The Hall–Kier alpha value is -1.46. The van der Waals surface area contributed by atoms with Gasteiger partial charge in [-0.25, -0.2) is 0 Å². The van der Waals surface area contributed by atoms with E-state index >= 15 is 0 Å². The molecule has 0 fully saturated rings. The number of hydrogen-bond acceptors (Lipinski definition) is 3. The zero-order valence-electron chi connectivity index (χ0n) is 7.16. The lowest BCUT2D eigenvalue weighted by Crippen LogP contribution is -2.32. The smallest absolute Gasteiger partial charge is 0.188 e. The molecule has 0 spiro atoms. The summed E-state index contributed by atoms with van der Waals surface area (Å²) < 4.78 is 0. The average molecular weight is 202 g/mol. The third-order valence-corrected chi connectivity index (χ3v) is 1.05. The molecule has 0 aliphatic carbocycles. The Balaban J connectivity index is 0. The Morgan fingerprint density at radius 3 is 2.46 bits per heavy atom. The Kier molecular flexibility index (Phi) is 11.4. The van der Waals surface area contributed by atoms with Crippen LogP contribution in [0.1, 0.15) is 12.8 Å². The van der Waals surface area contributed by atoms with Crippen LogP contribution in [0.5, 0.6) is 0 Å². The zero-order chi connectivity index (χ0) is 9.23. The molecule has 0 unspecified atom stereocenters. The predicted octanol–water partition coefficient (Wildman–Crippen LogP) is 0.140. The number of guanidine groups is 1. The van der Waals surface area contributed by atoms with Crippen molar-refractivity contribution < 1.29 is 0 Å². The van der Waals surface area contributed by atoms with Crippen molar-refractivity contribution in [3.05, 3.63) is 0 Å². The summed E-state index contributed by atoms with van der Waals surface area (Å²) in [5, 5.41) is 19.1. The fourth-order valence-corrected chi connectivity index (χ4v) is 0.529. The van der Waals surface area contributed by atoms with E-state index in [1.54, 1.807) is 0 Å². The number of nitrogens with two attached hydrogens (primary N) is 1. The molecule has 0 aliphatic heterocycles. The van der Waals surface area contributed by atoms with Crippen LogP contribution in [0.25, 0.3) is 0 Å². The summed E-state index contributed by atoms with van der Waals surface area (Å²) >= 11 is 0. The number of aliphatic imine (C=N–C) groups is 1. The summed E-state index contributed by atoms with van der Waals surface area (Å²) in [6, 6.07) is 3.91. The number of halogens is 1. The summed E-state index contributed by atoms with van der Waals surface area (Å²) in [7, 11) is 0. The standard InChI is InChI=1S/C7H11N5.ClH/c8-3-1-5-11-7(10)12-6-2-4-9;/h1-2,5-6H2,(H3,10,11,12);1H. The van der Waals surface area contributed by atoms with Crippen LogP contribution in [0.3, 0.4) is 0 Å². The van der Waals surface area contributed by atoms with Gasteiger partial charge in [-0.2, -0.15) is 10.5 Å². The third-order valence-electron chi connectivity index (χ3n) is 1.05. The van der Waals surface area contributed by atoms with Crippen LogP contribution in [0, 0.1) is 22.7 Å². The largest absolute Gasteiger partial charge is 0.370 e. The molecule has 0 heterocycles. The fraction of sp³-hybridized carbons (Fsp3) is 0.571. The van der Waals surface area contributed by atoms with Crippen molar-refractivity contribution in [3.63, 3.8) is 0 Å². The molecular formula is C7H12ClN5. The number of hydrogen-bond donors (Lipinski definition) is 2. The first-order valence-electron chi connectivity index (χ1n) is 3.59. The van der Waals surface area contributed by atoms with Crippen molar-refractivity contribution in [2.45, 2.75) is 12.8 Å². The van der Waals surface area contributed by atoms with Gasteiger partial charge in [-0.15, -0.1) is 12.4 Å². The lowest BCUT2D eigenvalue weighted by atomic mass is 10.5. The van der Waals surface area contributed by atoms with Crippen LogP contribution in [0.4, 0.5) is 0 Å². The fourth-order valence-electron chi connectivity index (χ4n) is 0.529. The van der Waals surface area contributed by atoms with Gasteiger partial charge in [-0.3, -0.25) is 4.99 Å². The van der Waals surface area contributed by atoms with E-state index in [1.807, 2.05) is 12.1 Å². The van der Waals surface area contributed by atoms with E-state index in [4.69, 9.17) is 16.3 Å². The SMILES string of the molecule is Cl.N#CCCN=C(N)NCCC#N. The van der Waals surface area contributed by atoms with Gasteiger partial charge in [-0.1, -0.05) is 0 Å². The number of nitriles is 2. The van der Waals surface area contributed by atoms with E-state index in [1.165, 1.54) is 0 Å². The van der Waals surface area contributed by atoms with Gasteiger partial charge >= 0.3 is 0 Å². The molecular weight excluding hydrogens is 190 g/mol. The molecule has 13 heavy (non-hydrogen) atoms. The lowest BCUT2D eigenvalue weighted by molar-refractivity contribution is 0.871. The Morgan fingerprint density at radius 1 is 1.31 bits per heavy atom. The first-order chi connectivity index (χ1) is 5.81. The van der Waals surface area contributed by atoms with Gasteiger partial charge in [-0.05, 0) is 0 Å². The lowest BCUT2D eigenvalue weighted by Gasteiger charge is -2.00. The second kappa shape index (κ2) is 10.5. The van der Waals surface area contributed by atoms with E-state index in [9.17, 15) is 0 Å². The summed E-state index contributed by atoms with van der Waals surface area (Å²) in [4.78, 5) is 3.84. The highest BCUT2D eigenvalue weighted by molar-refractivity contribution is 5.85. The van der Waals surface area contributed by atoms with Crippen LogP contribution in [-0.4, -0.2) is 19.0 Å². The molecule has 6 heteroatoms. The van der Waals surface area contributed by atoms with Crippen molar-refractivity contribution in [1.29, 1.82) is 10.5 Å². The molecule has 0 bridgehead atoms. The Bertz CT molecular complexity index is 224. The molecule has 0 saturated heterocycles. The van der Waals surface area contributed by atoms with E-state index in [0.29, 0.717) is 31.9 Å². The summed E-state index contributed by atoms with van der Waals surface area (Å²) in [6.07, 6.45) is 0.759. The molecule has 0 aromatic carbocycles. The maximum atomic E-state index is 8.18. The minimum atomic E-state index is 0. The van der Waals surface area contributed by atoms with E-state index < -0.39 is 0 Å². The van der Waals surface area contributed by atoms with Gasteiger partial charge in [0.1, 0.15) is 0 Å². The minimum Gasteiger partial charge on any atom is -0.370 e. The van der Waals surface area contributed by atoms with Crippen LogP contribution in [0.15, 0.2) is 4.99 Å². The molecule has 3 N–H and O–H groups in total.